The van der Waals surface area contributed by atoms with Crippen LogP contribution in [0.5, 0.6) is 0 Å². The van der Waals surface area contributed by atoms with Gasteiger partial charge < -0.3 is 4.74 Å². The van der Waals surface area contributed by atoms with Crippen LogP contribution in [0.15, 0.2) is 30.7 Å². The first kappa shape index (κ1) is 14.6. The van der Waals surface area contributed by atoms with Crippen molar-refractivity contribution in [2.45, 2.75) is 26.4 Å². The van der Waals surface area contributed by atoms with Gasteiger partial charge in [-0.05, 0) is 39.0 Å². The molecule has 0 fully saturated rings. The lowest BCUT2D eigenvalue weighted by Crippen LogP contribution is -2.27. The number of rotatable bonds is 1. The second-order valence-electron chi connectivity index (χ2n) is 5.88. The lowest BCUT2D eigenvalue weighted by molar-refractivity contribution is 0.0636. The summed E-state index contributed by atoms with van der Waals surface area (Å²) in [7, 11) is 0. The molecule has 22 heavy (non-hydrogen) atoms. The molecule has 6 nitrogen and oxygen atoms in total. The molecule has 3 rings (SSSR count). The fraction of sp³-hybridized carbons (Fsp3) is 0.267. The summed E-state index contributed by atoms with van der Waals surface area (Å²) in [5.74, 6) is 0. The fourth-order valence-electron chi connectivity index (χ4n) is 2.12. The molecule has 0 aliphatic heterocycles. The summed E-state index contributed by atoms with van der Waals surface area (Å²) in [6.45, 7) is 5.43. The number of aromatic nitrogens is 3. The van der Waals surface area contributed by atoms with Gasteiger partial charge in [0.05, 0.1) is 23.6 Å². The Balaban J connectivity index is 1.96. The molecular formula is C15H15ClN4O2. The maximum atomic E-state index is 11.8. The van der Waals surface area contributed by atoms with Gasteiger partial charge in [-0.15, -0.1) is 0 Å². The van der Waals surface area contributed by atoms with Crippen LogP contribution in [0.1, 0.15) is 20.8 Å². The van der Waals surface area contributed by atoms with Crippen molar-refractivity contribution >= 4 is 39.9 Å². The van der Waals surface area contributed by atoms with E-state index in [2.05, 4.69) is 15.3 Å². The summed E-state index contributed by atoms with van der Waals surface area (Å²) < 4.78 is 7.07. The van der Waals surface area contributed by atoms with Crippen molar-refractivity contribution in [3.63, 3.8) is 0 Å². The molecule has 3 aromatic rings. The van der Waals surface area contributed by atoms with Crippen LogP contribution in [0.3, 0.4) is 0 Å². The highest BCUT2D eigenvalue weighted by molar-refractivity contribution is 6.33. The van der Waals surface area contributed by atoms with Gasteiger partial charge in [0.1, 0.15) is 11.1 Å². The second-order valence-corrected chi connectivity index (χ2v) is 6.24. The van der Waals surface area contributed by atoms with Gasteiger partial charge in [0.25, 0.3) is 0 Å². The van der Waals surface area contributed by atoms with Gasteiger partial charge in [0.2, 0.25) is 0 Å². The van der Waals surface area contributed by atoms with Crippen molar-refractivity contribution in [3.8, 4) is 0 Å². The maximum absolute atomic E-state index is 11.8. The molecule has 0 bridgehead atoms. The standard InChI is InChI=1S/C15H15ClN4O2/c1-15(2,3)22-14(21)18-9-4-5-11-10(6-9)19-13(16)12-7-17-8-20(11)12/h4-8H,1-3H3,(H,18,21). The molecule has 1 amide bonds. The van der Waals surface area contributed by atoms with Crippen LogP contribution in [0.4, 0.5) is 10.5 Å². The Labute approximate surface area is 132 Å². The van der Waals surface area contributed by atoms with E-state index in [0.29, 0.717) is 16.4 Å². The highest BCUT2D eigenvalue weighted by atomic mass is 35.5. The summed E-state index contributed by atoms with van der Waals surface area (Å²) in [6, 6.07) is 5.37. The molecule has 114 valence electrons. The van der Waals surface area contributed by atoms with E-state index in [-0.39, 0.29) is 0 Å². The Hall–Kier alpha value is -2.34. The number of nitrogens with zero attached hydrogens (tertiary/aromatic N) is 3. The molecule has 7 heteroatoms. The van der Waals surface area contributed by atoms with Crippen LogP contribution in [-0.4, -0.2) is 26.1 Å². The number of hydrogen-bond donors (Lipinski definition) is 1. The Morgan fingerprint density at radius 1 is 1.32 bits per heavy atom. The molecule has 0 saturated carbocycles. The smallest absolute Gasteiger partial charge is 0.412 e. The van der Waals surface area contributed by atoms with Crippen LogP contribution < -0.4 is 5.32 Å². The quantitative estimate of drug-likeness (QED) is 0.739. The van der Waals surface area contributed by atoms with E-state index >= 15 is 0 Å². The number of halogens is 1. The number of anilines is 1. The maximum Gasteiger partial charge on any atom is 0.412 e. The van der Waals surface area contributed by atoms with E-state index in [0.717, 1.165) is 11.0 Å². The summed E-state index contributed by atoms with van der Waals surface area (Å²) in [4.78, 5) is 20.2. The zero-order valence-corrected chi connectivity index (χ0v) is 13.2. The van der Waals surface area contributed by atoms with Gasteiger partial charge in [0, 0.05) is 5.69 Å². The van der Waals surface area contributed by atoms with E-state index in [4.69, 9.17) is 16.3 Å². The number of ether oxygens (including phenoxy) is 1. The molecule has 2 aromatic heterocycles. The molecule has 1 aromatic carbocycles. The molecule has 0 saturated heterocycles. The number of fused-ring (bicyclic) bond motifs is 3. The highest BCUT2D eigenvalue weighted by Gasteiger charge is 2.16. The summed E-state index contributed by atoms with van der Waals surface area (Å²) in [5.41, 5.74) is 2.29. The molecule has 0 radical (unpaired) electrons. The predicted molar refractivity (Wildman–Crippen MR) is 85.4 cm³/mol. The number of imidazole rings is 1. The summed E-state index contributed by atoms with van der Waals surface area (Å²) >= 11 is 6.14. The van der Waals surface area contributed by atoms with Gasteiger partial charge in [-0.25, -0.2) is 14.8 Å². The van der Waals surface area contributed by atoms with Gasteiger partial charge in [-0.2, -0.15) is 0 Å². The lowest BCUT2D eigenvalue weighted by Gasteiger charge is -2.19. The average molecular weight is 319 g/mol. The zero-order chi connectivity index (χ0) is 15.9. The number of hydrogen-bond acceptors (Lipinski definition) is 4. The highest BCUT2D eigenvalue weighted by Crippen LogP contribution is 2.24. The van der Waals surface area contributed by atoms with Crippen LogP contribution in [0, 0.1) is 0 Å². The van der Waals surface area contributed by atoms with Crippen LogP contribution >= 0.6 is 11.6 Å². The molecule has 1 N–H and O–H groups in total. The minimum atomic E-state index is -0.550. The summed E-state index contributed by atoms with van der Waals surface area (Å²) in [5, 5.41) is 3.04. The van der Waals surface area contributed by atoms with Crippen molar-refractivity contribution in [1.82, 2.24) is 14.4 Å². The van der Waals surface area contributed by atoms with Crippen molar-refractivity contribution in [2.75, 3.05) is 5.32 Å². The zero-order valence-electron chi connectivity index (χ0n) is 12.4. The van der Waals surface area contributed by atoms with Crippen LogP contribution in [0.2, 0.25) is 5.15 Å². The minimum absolute atomic E-state index is 0.361. The first-order valence-electron chi connectivity index (χ1n) is 6.75. The van der Waals surface area contributed by atoms with Gasteiger partial charge in [-0.3, -0.25) is 9.72 Å². The first-order chi connectivity index (χ1) is 10.3. The number of amides is 1. The van der Waals surface area contributed by atoms with Crippen LogP contribution in [0.25, 0.3) is 16.6 Å². The topological polar surface area (TPSA) is 68.5 Å². The average Bonchev–Trinajstić information content (AvgIpc) is 2.86. The van der Waals surface area contributed by atoms with E-state index in [1.54, 1.807) is 24.7 Å². The molecule has 0 unspecified atom stereocenters. The van der Waals surface area contributed by atoms with E-state index in [1.165, 1.54) is 0 Å². The second kappa shape index (κ2) is 5.14. The SMILES string of the molecule is CC(C)(C)OC(=O)Nc1ccc2c(c1)nc(Cl)c1cncn12. The van der Waals surface area contributed by atoms with E-state index in [1.807, 2.05) is 31.2 Å². The molecular weight excluding hydrogens is 304 g/mol. The van der Waals surface area contributed by atoms with Crippen molar-refractivity contribution in [3.05, 3.63) is 35.9 Å². The molecule has 0 spiro atoms. The molecule has 0 atom stereocenters. The third-order valence-electron chi connectivity index (χ3n) is 2.95. The fourth-order valence-corrected chi connectivity index (χ4v) is 2.35. The van der Waals surface area contributed by atoms with Crippen LogP contribution in [-0.2, 0) is 4.74 Å². The van der Waals surface area contributed by atoms with E-state index in [9.17, 15) is 4.79 Å². The largest absolute Gasteiger partial charge is 0.444 e. The van der Waals surface area contributed by atoms with Crippen molar-refractivity contribution < 1.29 is 9.53 Å². The minimum Gasteiger partial charge on any atom is -0.444 e. The molecule has 0 aliphatic rings. The Morgan fingerprint density at radius 3 is 2.82 bits per heavy atom. The Kier molecular flexibility index (Phi) is 3.41. The first-order valence-corrected chi connectivity index (χ1v) is 7.13. The van der Waals surface area contributed by atoms with Crippen molar-refractivity contribution in [2.24, 2.45) is 0 Å². The number of benzene rings is 1. The third-order valence-corrected chi connectivity index (χ3v) is 3.23. The van der Waals surface area contributed by atoms with E-state index < -0.39 is 11.7 Å². The predicted octanol–water partition coefficient (Wildman–Crippen LogP) is 3.88. The number of nitrogens with one attached hydrogen (secondary N) is 1. The third kappa shape index (κ3) is 2.82. The van der Waals surface area contributed by atoms with Gasteiger partial charge >= 0.3 is 6.09 Å². The monoisotopic (exact) mass is 318 g/mol. The lowest BCUT2D eigenvalue weighted by atomic mass is 10.2. The van der Waals surface area contributed by atoms with Gasteiger partial charge in [-0.1, -0.05) is 11.6 Å². The van der Waals surface area contributed by atoms with Gasteiger partial charge in [0.15, 0.2) is 5.15 Å². The Bertz CT molecular complexity index is 867. The normalized spacial score (nSPS) is 11.8. The number of carbonyl (C=O) groups excluding carboxylic acids is 1. The summed E-state index contributed by atoms with van der Waals surface area (Å²) in [6.07, 6.45) is 2.81. The Morgan fingerprint density at radius 2 is 2.09 bits per heavy atom. The number of carbonyl (C=O) groups is 1. The van der Waals surface area contributed by atoms with Crippen molar-refractivity contribution in [1.29, 1.82) is 0 Å². The molecule has 2 heterocycles. The molecule has 0 aliphatic carbocycles.